The molecule has 0 bridgehead atoms. The van der Waals surface area contributed by atoms with Crippen molar-refractivity contribution >= 4 is 17.6 Å². The van der Waals surface area contributed by atoms with Crippen LogP contribution in [0.3, 0.4) is 0 Å². The number of aryl methyl sites for hydroxylation is 2. The highest BCUT2D eigenvalue weighted by molar-refractivity contribution is 6.02. The Morgan fingerprint density at radius 2 is 2.08 bits per heavy atom. The summed E-state index contributed by atoms with van der Waals surface area (Å²) in [5.41, 5.74) is 2.62. The molecule has 0 aliphatic carbocycles. The van der Waals surface area contributed by atoms with E-state index in [9.17, 15) is 9.59 Å². The molecule has 0 saturated heterocycles. The van der Waals surface area contributed by atoms with E-state index in [0.29, 0.717) is 12.2 Å². The van der Waals surface area contributed by atoms with Crippen molar-refractivity contribution in [1.29, 1.82) is 0 Å². The third kappa shape index (κ3) is 3.63. The summed E-state index contributed by atoms with van der Waals surface area (Å²) in [6, 6.07) is 0.625. The number of carboxylic acids is 1. The molecule has 2 N–H and O–H groups in total. The lowest BCUT2D eigenvalue weighted by atomic mass is 10.3. The summed E-state index contributed by atoms with van der Waals surface area (Å²) < 4.78 is 4.67. The monoisotopic (exact) mass is 357 g/mol. The lowest BCUT2D eigenvalue weighted by Gasteiger charge is -2.05. The van der Waals surface area contributed by atoms with Crippen LogP contribution >= 0.6 is 0 Å². The van der Waals surface area contributed by atoms with Gasteiger partial charge in [0.25, 0.3) is 5.91 Å². The van der Waals surface area contributed by atoms with Crippen LogP contribution in [0.2, 0.25) is 0 Å². The Bertz CT molecular complexity index is 953. The van der Waals surface area contributed by atoms with Crippen LogP contribution in [-0.2, 0) is 18.4 Å². The van der Waals surface area contributed by atoms with E-state index < -0.39 is 17.9 Å². The summed E-state index contributed by atoms with van der Waals surface area (Å²) in [5.74, 6) is -1.45. The Hall–Kier alpha value is -3.43. The predicted octanol–water partition coefficient (Wildman–Crippen LogP) is 1.07. The Morgan fingerprint density at radius 1 is 1.31 bits per heavy atom. The van der Waals surface area contributed by atoms with Crippen molar-refractivity contribution < 1.29 is 14.7 Å². The molecule has 3 aromatic rings. The second-order valence-corrected chi connectivity index (χ2v) is 5.99. The van der Waals surface area contributed by atoms with Crippen LogP contribution in [0, 0.1) is 6.92 Å². The van der Waals surface area contributed by atoms with E-state index in [4.69, 9.17) is 5.11 Å². The number of amides is 1. The fourth-order valence-corrected chi connectivity index (χ4v) is 2.48. The molecule has 0 spiro atoms. The zero-order chi connectivity index (χ0) is 18.8. The molecule has 1 unspecified atom stereocenters. The number of hydrogen-bond donors (Lipinski definition) is 2. The van der Waals surface area contributed by atoms with Gasteiger partial charge in [0, 0.05) is 31.2 Å². The lowest BCUT2D eigenvalue weighted by molar-refractivity contribution is -0.140. The highest BCUT2D eigenvalue weighted by Gasteiger charge is 2.17. The van der Waals surface area contributed by atoms with Crippen LogP contribution < -0.4 is 5.32 Å². The van der Waals surface area contributed by atoms with Crippen molar-refractivity contribution in [3.63, 3.8) is 0 Å². The standard InChI is InChI=1S/C16H19N7O3/c1-10-12(7-21(3)19-10)8-22-9-13(6-17-22)18-15(24)14-4-5-23(20-14)11(2)16(25)26/h4-7,9,11H,8H2,1-3H3,(H,18,24)(H,25,26). The molecule has 0 aromatic carbocycles. The third-order valence-corrected chi connectivity index (χ3v) is 3.93. The fraction of sp³-hybridized carbons (Fsp3) is 0.312. The zero-order valence-electron chi connectivity index (χ0n) is 14.6. The molecule has 0 radical (unpaired) electrons. The molecular weight excluding hydrogens is 338 g/mol. The average molecular weight is 357 g/mol. The number of nitrogens with zero attached hydrogens (tertiary/aromatic N) is 6. The molecule has 0 aliphatic rings. The van der Waals surface area contributed by atoms with Crippen LogP contribution in [0.4, 0.5) is 5.69 Å². The van der Waals surface area contributed by atoms with Gasteiger partial charge in [0.05, 0.1) is 24.1 Å². The first-order valence-electron chi connectivity index (χ1n) is 7.94. The maximum absolute atomic E-state index is 12.3. The molecule has 1 amide bonds. The van der Waals surface area contributed by atoms with E-state index in [1.165, 1.54) is 23.9 Å². The van der Waals surface area contributed by atoms with Gasteiger partial charge in [-0.05, 0) is 19.9 Å². The normalized spacial score (nSPS) is 12.1. The number of aromatic nitrogens is 6. The fourth-order valence-electron chi connectivity index (χ4n) is 2.48. The van der Waals surface area contributed by atoms with Gasteiger partial charge in [-0.25, -0.2) is 4.79 Å². The van der Waals surface area contributed by atoms with Gasteiger partial charge < -0.3 is 10.4 Å². The van der Waals surface area contributed by atoms with Gasteiger partial charge in [-0.1, -0.05) is 0 Å². The van der Waals surface area contributed by atoms with Crippen molar-refractivity contribution in [3.05, 3.63) is 47.8 Å². The predicted molar refractivity (Wildman–Crippen MR) is 91.8 cm³/mol. The molecule has 26 heavy (non-hydrogen) atoms. The highest BCUT2D eigenvalue weighted by Crippen LogP contribution is 2.12. The van der Waals surface area contributed by atoms with Crippen LogP contribution in [0.25, 0.3) is 0 Å². The lowest BCUT2D eigenvalue weighted by Crippen LogP contribution is -2.18. The topological polar surface area (TPSA) is 120 Å². The third-order valence-electron chi connectivity index (χ3n) is 3.93. The summed E-state index contributed by atoms with van der Waals surface area (Å²) in [6.07, 6.45) is 6.63. The second kappa shape index (κ2) is 6.82. The zero-order valence-corrected chi connectivity index (χ0v) is 14.6. The van der Waals surface area contributed by atoms with E-state index in [1.54, 1.807) is 21.8 Å². The van der Waals surface area contributed by atoms with E-state index >= 15 is 0 Å². The van der Waals surface area contributed by atoms with Crippen molar-refractivity contribution in [2.75, 3.05) is 5.32 Å². The van der Waals surface area contributed by atoms with Crippen molar-refractivity contribution in [1.82, 2.24) is 29.3 Å². The van der Waals surface area contributed by atoms with Crippen LogP contribution in [0.15, 0.2) is 30.9 Å². The Morgan fingerprint density at radius 3 is 2.73 bits per heavy atom. The summed E-state index contributed by atoms with van der Waals surface area (Å²) >= 11 is 0. The number of anilines is 1. The number of nitrogens with one attached hydrogen (secondary N) is 1. The minimum atomic E-state index is -1.02. The summed E-state index contributed by atoms with van der Waals surface area (Å²) in [7, 11) is 1.86. The summed E-state index contributed by atoms with van der Waals surface area (Å²) in [4.78, 5) is 23.2. The molecular formula is C16H19N7O3. The van der Waals surface area contributed by atoms with Gasteiger partial charge in [-0.15, -0.1) is 0 Å². The van der Waals surface area contributed by atoms with Gasteiger partial charge in [-0.2, -0.15) is 15.3 Å². The van der Waals surface area contributed by atoms with E-state index in [0.717, 1.165) is 11.3 Å². The van der Waals surface area contributed by atoms with Gasteiger partial charge in [0.15, 0.2) is 5.69 Å². The molecule has 0 aliphatic heterocycles. The molecule has 10 nitrogen and oxygen atoms in total. The van der Waals surface area contributed by atoms with Crippen LogP contribution in [0.5, 0.6) is 0 Å². The summed E-state index contributed by atoms with van der Waals surface area (Å²) in [6.45, 7) is 3.96. The highest BCUT2D eigenvalue weighted by atomic mass is 16.4. The second-order valence-electron chi connectivity index (χ2n) is 5.99. The number of carbonyl (C=O) groups excluding carboxylic acids is 1. The Kier molecular flexibility index (Phi) is 4.57. The first-order valence-corrected chi connectivity index (χ1v) is 7.94. The molecule has 3 aromatic heterocycles. The molecule has 0 fully saturated rings. The smallest absolute Gasteiger partial charge is 0.328 e. The first-order chi connectivity index (χ1) is 12.3. The van der Waals surface area contributed by atoms with Crippen molar-refractivity contribution in [3.8, 4) is 0 Å². The maximum atomic E-state index is 12.3. The quantitative estimate of drug-likeness (QED) is 0.681. The number of hydrogen-bond acceptors (Lipinski definition) is 5. The van der Waals surface area contributed by atoms with Gasteiger partial charge in [-0.3, -0.25) is 18.8 Å². The molecule has 0 saturated carbocycles. The Balaban J connectivity index is 1.66. The molecule has 1 atom stereocenters. The van der Waals surface area contributed by atoms with Gasteiger partial charge in [0.1, 0.15) is 6.04 Å². The van der Waals surface area contributed by atoms with Gasteiger partial charge in [0.2, 0.25) is 0 Å². The number of carbonyl (C=O) groups is 2. The molecule has 3 rings (SSSR count). The summed E-state index contributed by atoms with van der Waals surface area (Å²) in [5, 5.41) is 24.2. The number of rotatable bonds is 6. The molecule has 10 heteroatoms. The van der Waals surface area contributed by atoms with E-state index in [-0.39, 0.29) is 5.69 Å². The Labute approximate surface area is 149 Å². The van der Waals surface area contributed by atoms with E-state index in [2.05, 4.69) is 20.6 Å². The van der Waals surface area contributed by atoms with Crippen LogP contribution in [0.1, 0.15) is 34.7 Å². The largest absolute Gasteiger partial charge is 0.480 e. The minimum Gasteiger partial charge on any atom is -0.480 e. The minimum absolute atomic E-state index is 0.133. The first kappa shape index (κ1) is 17.4. The van der Waals surface area contributed by atoms with E-state index in [1.807, 2.05) is 20.2 Å². The molecule has 136 valence electrons. The van der Waals surface area contributed by atoms with Crippen molar-refractivity contribution in [2.24, 2.45) is 7.05 Å². The average Bonchev–Trinajstić information content (AvgIpc) is 3.28. The maximum Gasteiger partial charge on any atom is 0.328 e. The SMILES string of the molecule is Cc1nn(C)cc1Cn1cc(NC(=O)c2ccn(C(C)C(=O)O)n2)cn1. The number of aliphatic carboxylic acids is 1. The van der Waals surface area contributed by atoms with Gasteiger partial charge >= 0.3 is 5.97 Å². The van der Waals surface area contributed by atoms with Crippen molar-refractivity contribution in [2.45, 2.75) is 26.4 Å². The molecule has 3 heterocycles. The number of carboxylic acid groups (broad SMARTS) is 1. The van der Waals surface area contributed by atoms with Crippen LogP contribution in [-0.4, -0.2) is 46.3 Å².